The second-order valence-electron chi connectivity index (χ2n) is 7.08. The largest absolute Gasteiger partial charge is 4.00 e. The van der Waals surface area contributed by atoms with Crippen LogP contribution in [0.4, 0.5) is 17.6 Å². The number of aryl methyl sites for hydroxylation is 2. The maximum atomic E-state index is 12.6. The van der Waals surface area contributed by atoms with Crippen LogP contribution in [0.2, 0.25) is 0 Å². The summed E-state index contributed by atoms with van der Waals surface area (Å²) in [5.41, 5.74) is 2.69. The van der Waals surface area contributed by atoms with E-state index in [1.807, 2.05) is 24.3 Å². The van der Waals surface area contributed by atoms with Gasteiger partial charge in [0.1, 0.15) is 0 Å². The van der Waals surface area contributed by atoms with Gasteiger partial charge in [0, 0.05) is 25.5 Å². The van der Waals surface area contributed by atoms with Crippen LogP contribution in [0.3, 0.4) is 0 Å². The fourth-order valence-electron chi connectivity index (χ4n) is 2.27. The summed E-state index contributed by atoms with van der Waals surface area (Å²) in [5, 5.41) is 0. The summed E-state index contributed by atoms with van der Waals surface area (Å²) in [6.45, 7) is 6.42. The number of hydrogen-bond donors (Lipinski definition) is 0. The Labute approximate surface area is 228 Å². The van der Waals surface area contributed by atoms with Gasteiger partial charge in [-0.2, -0.15) is 35.4 Å². The molecule has 4 nitrogen and oxygen atoms in total. The maximum Gasteiger partial charge on any atom is 4.00 e. The predicted octanol–water partition coefficient (Wildman–Crippen LogP) is 6.81. The molecular formula is C28H24F4O4Ti. The first kappa shape index (κ1) is 33.5. The fourth-order valence-corrected chi connectivity index (χ4v) is 2.27. The first-order valence-corrected chi connectivity index (χ1v) is 10.5. The summed E-state index contributed by atoms with van der Waals surface area (Å²) in [4.78, 5) is 20.7. The van der Waals surface area contributed by atoms with Gasteiger partial charge in [-0.25, -0.2) is 41.8 Å². The average Bonchev–Trinajstić information content (AvgIpc) is 3.46. The van der Waals surface area contributed by atoms with Crippen molar-refractivity contribution in [3.05, 3.63) is 119 Å². The molecule has 192 valence electrons. The molecule has 0 aliphatic rings. The molecule has 0 amide bonds. The van der Waals surface area contributed by atoms with Gasteiger partial charge >= 0.3 is 21.7 Å². The molecule has 0 aromatic heterocycles. The number of carbonyl (C=O) groups excluding carboxylic acids is 2. The van der Waals surface area contributed by atoms with E-state index in [4.69, 9.17) is 0 Å². The van der Waals surface area contributed by atoms with Gasteiger partial charge in [-0.15, -0.1) is 36.4 Å². The van der Waals surface area contributed by atoms with Crippen molar-refractivity contribution in [3.8, 4) is 11.5 Å². The SMILES string of the molecule is CC(=O)Oc1ccc(F)[c-]c1F.CC(=O)Oc1ccc(F)[c-]c1F.C[c-]1cccc1.C[c-]1cccc1.[Ti+4]. The van der Waals surface area contributed by atoms with E-state index in [-0.39, 0.29) is 33.2 Å². The molecule has 0 aliphatic carbocycles. The van der Waals surface area contributed by atoms with E-state index in [0.717, 1.165) is 38.1 Å². The molecule has 0 bridgehead atoms. The van der Waals surface area contributed by atoms with Crippen molar-refractivity contribution in [1.82, 2.24) is 0 Å². The smallest absolute Gasteiger partial charge is 0.488 e. The van der Waals surface area contributed by atoms with Gasteiger partial charge in [0.2, 0.25) is 0 Å². The van der Waals surface area contributed by atoms with E-state index in [9.17, 15) is 27.2 Å². The van der Waals surface area contributed by atoms with Crippen LogP contribution in [0.5, 0.6) is 11.5 Å². The molecule has 37 heavy (non-hydrogen) atoms. The van der Waals surface area contributed by atoms with Crippen molar-refractivity contribution in [3.63, 3.8) is 0 Å². The van der Waals surface area contributed by atoms with E-state index in [1.165, 1.54) is 11.1 Å². The second kappa shape index (κ2) is 17.9. The molecule has 4 aromatic carbocycles. The Balaban J connectivity index is 0.000000485. The standard InChI is InChI=1S/2C8H5F2O2.2C6H7.Ti/c2*1-5(11)12-8-3-2-6(9)4-7(8)10;2*1-6-4-2-3-5-6;/h2*2-3H,1H3;2*2-5H,1H3;/q4*-1;+4. The summed E-state index contributed by atoms with van der Waals surface area (Å²) in [5.74, 6) is -5.63. The summed E-state index contributed by atoms with van der Waals surface area (Å²) in [6, 6.07) is 23.9. The van der Waals surface area contributed by atoms with Crippen LogP contribution in [0.1, 0.15) is 25.0 Å². The molecule has 0 fully saturated rings. The quantitative estimate of drug-likeness (QED) is 0.0909. The van der Waals surface area contributed by atoms with E-state index in [2.05, 4.69) is 47.6 Å². The summed E-state index contributed by atoms with van der Waals surface area (Å²) >= 11 is 0. The van der Waals surface area contributed by atoms with Gasteiger partial charge in [0.05, 0.1) is 23.1 Å². The molecule has 0 heterocycles. The zero-order valence-electron chi connectivity index (χ0n) is 20.6. The van der Waals surface area contributed by atoms with Gasteiger partial charge < -0.3 is 9.47 Å². The van der Waals surface area contributed by atoms with Crippen LogP contribution in [-0.4, -0.2) is 11.9 Å². The number of esters is 2. The van der Waals surface area contributed by atoms with Gasteiger partial charge in [0.25, 0.3) is 11.9 Å². The minimum Gasteiger partial charge on any atom is -0.488 e. The summed E-state index contributed by atoms with van der Waals surface area (Å²) in [6.07, 6.45) is 0. The number of hydrogen-bond acceptors (Lipinski definition) is 4. The Hall–Kier alpha value is -3.49. The fraction of sp³-hybridized carbons (Fsp3) is 0.143. The van der Waals surface area contributed by atoms with Crippen molar-refractivity contribution in [1.29, 1.82) is 0 Å². The number of benzene rings is 2. The second-order valence-corrected chi connectivity index (χ2v) is 7.08. The van der Waals surface area contributed by atoms with Crippen molar-refractivity contribution >= 4 is 11.9 Å². The van der Waals surface area contributed by atoms with E-state index >= 15 is 0 Å². The van der Waals surface area contributed by atoms with Crippen LogP contribution in [0, 0.1) is 49.2 Å². The van der Waals surface area contributed by atoms with Gasteiger partial charge in [-0.1, -0.05) is 13.8 Å². The maximum absolute atomic E-state index is 12.6. The number of halogens is 4. The predicted molar refractivity (Wildman–Crippen MR) is 127 cm³/mol. The Kier molecular flexibility index (Phi) is 16.2. The van der Waals surface area contributed by atoms with Gasteiger partial charge in [0.15, 0.2) is 0 Å². The van der Waals surface area contributed by atoms with Crippen LogP contribution in [-0.2, 0) is 31.3 Å². The van der Waals surface area contributed by atoms with E-state index < -0.39 is 35.2 Å². The topological polar surface area (TPSA) is 52.6 Å². The molecule has 0 aliphatic heterocycles. The Bertz CT molecular complexity index is 1110. The Morgan fingerprint density at radius 3 is 1.14 bits per heavy atom. The van der Waals surface area contributed by atoms with Crippen LogP contribution >= 0.6 is 0 Å². The zero-order valence-corrected chi connectivity index (χ0v) is 22.1. The Morgan fingerprint density at radius 2 is 0.946 bits per heavy atom. The van der Waals surface area contributed by atoms with E-state index in [0.29, 0.717) is 0 Å². The van der Waals surface area contributed by atoms with Crippen LogP contribution < -0.4 is 9.47 Å². The number of ether oxygens (including phenoxy) is 2. The van der Waals surface area contributed by atoms with Crippen molar-refractivity contribution in [2.24, 2.45) is 0 Å². The third-order valence-electron chi connectivity index (χ3n) is 3.82. The molecule has 0 radical (unpaired) electrons. The minimum absolute atomic E-state index is 0. The molecule has 4 rings (SSSR count). The van der Waals surface area contributed by atoms with Crippen LogP contribution in [0.15, 0.2) is 72.8 Å². The van der Waals surface area contributed by atoms with Gasteiger partial charge in [-0.3, -0.25) is 9.59 Å². The van der Waals surface area contributed by atoms with Crippen molar-refractivity contribution in [2.45, 2.75) is 27.7 Å². The first-order valence-electron chi connectivity index (χ1n) is 10.5. The molecule has 0 spiro atoms. The van der Waals surface area contributed by atoms with Gasteiger partial charge in [-0.05, 0) is 0 Å². The molecule has 0 saturated carbocycles. The third kappa shape index (κ3) is 15.3. The zero-order chi connectivity index (χ0) is 27.1. The summed E-state index contributed by atoms with van der Waals surface area (Å²) in [7, 11) is 0. The minimum atomic E-state index is -1.01. The molecule has 0 N–H and O–H groups in total. The molecule has 9 heteroatoms. The Morgan fingerprint density at radius 1 is 0.649 bits per heavy atom. The third-order valence-corrected chi connectivity index (χ3v) is 3.82. The molecule has 0 unspecified atom stereocenters. The molecule has 4 aromatic rings. The monoisotopic (exact) mass is 548 g/mol. The van der Waals surface area contributed by atoms with Crippen LogP contribution in [0.25, 0.3) is 0 Å². The van der Waals surface area contributed by atoms with Crippen molar-refractivity contribution < 1.29 is 58.3 Å². The molecular weight excluding hydrogens is 524 g/mol. The molecule has 0 saturated heterocycles. The van der Waals surface area contributed by atoms with Crippen molar-refractivity contribution in [2.75, 3.05) is 0 Å². The normalized spacial score (nSPS) is 9.08. The summed E-state index contributed by atoms with van der Waals surface area (Å²) < 4.78 is 58.6. The van der Waals surface area contributed by atoms with E-state index in [1.54, 1.807) is 12.1 Å². The molecule has 0 atom stereocenters. The average molecular weight is 548 g/mol. The first-order chi connectivity index (χ1) is 17.0. The number of carbonyl (C=O) groups is 2. The number of rotatable bonds is 2.